The van der Waals surface area contributed by atoms with Gasteiger partial charge < -0.3 is 33.9 Å². The molecule has 0 amide bonds. The van der Waals surface area contributed by atoms with E-state index in [-0.39, 0.29) is 24.6 Å². The van der Waals surface area contributed by atoms with Crippen molar-refractivity contribution in [2.24, 2.45) is 0 Å². The highest BCUT2D eigenvalue weighted by molar-refractivity contribution is 5.91. The number of hydrogen-bond donors (Lipinski definition) is 2. The van der Waals surface area contributed by atoms with Gasteiger partial charge in [-0.15, -0.1) is 0 Å². The zero-order valence-corrected chi connectivity index (χ0v) is 23.0. The maximum Gasteiger partial charge on any atom is 0.339 e. The summed E-state index contributed by atoms with van der Waals surface area (Å²) < 4.78 is 26.3. The zero-order chi connectivity index (χ0) is 28.2. The van der Waals surface area contributed by atoms with Crippen molar-refractivity contribution < 1.29 is 43.5 Å². The lowest BCUT2D eigenvalue weighted by Gasteiger charge is -2.09. The van der Waals surface area contributed by atoms with Gasteiger partial charge in [-0.05, 0) is 63.8 Å². The molecule has 0 saturated heterocycles. The average molecular weight is 535 g/mol. The molecule has 9 heteroatoms. The highest BCUT2D eigenvalue weighted by Crippen LogP contribution is 2.20. The van der Waals surface area contributed by atoms with Gasteiger partial charge in [0.1, 0.15) is 17.1 Å². The number of unbranched alkanes of at least 4 members (excludes halogenated alkanes) is 2. The summed E-state index contributed by atoms with van der Waals surface area (Å²) in [7, 11) is 1.46. The maximum atomic E-state index is 11.8. The molecule has 0 saturated carbocycles. The normalized spacial score (nSPS) is 10.4. The third-order valence-electron chi connectivity index (χ3n) is 5.28. The highest BCUT2D eigenvalue weighted by Gasteiger charge is 2.10. The molecule has 0 heterocycles. The molecule has 2 aromatic rings. The van der Waals surface area contributed by atoms with E-state index < -0.39 is 5.97 Å². The van der Waals surface area contributed by atoms with Crippen molar-refractivity contribution in [3.05, 3.63) is 58.7 Å². The molecule has 0 unspecified atom stereocenters. The van der Waals surface area contributed by atoms with Gasteiger partial charge in [-0.3, -0.25) is 4.79 Å². The number of methoxy groups -OCH3 is 1. The topological polar surface area (TPSA) is 121 Å². The van der Waals surface area contributed by atoms with Crippen molar-refractivity contribution in [1.29, 1.82) is 0 Å². The Kier molecular flexibility index (Phi) is 17.4. The van der Waals surface area contributed by atoms with Crippen molar-refractivity contribution >= 4 is 11.9 Å². The number of hydrogen-bond acceptors (Lipinski definition) is 8. The number of aliphatic hydroxyl groups is 1. The first kappa shape index (κ1) is 33.0. The smallest absolute Gasteiger partial charge is 0.339 e. The molecule has 2 N–H and O–H groups in total. The van der Waals surface area contributed by atoms with Crippen molar-refractivity contribution in [3.63, 3.8) is 0 Å². The van der Waals surface area contributed by atoms with Gasteiger partial charge >= 0.3 is 11.9 Å². The fourth-order valence-electron chi connectivity index (χ4n) is 3.31. The second kappa shape index (κ2) is 20.0. The van der Waals surface area contributed by atoms with Crippen LogP contribution in [0, 0.1) is 20.8 Å². The van der Waals surface area contributed by atoms with Gasteiger partial charge in [0.05, 0.1) is 46.6 Å². The molecule has 0 aliphatic carbocycles. The molecule has 212 valence electrons. The monoisotopic (exact) mass is 534 g/mol. The van der Waals surface area contributed by atoms with Crippen molar-refractivity contribution in [3.8, 4) is 11.5 Å². The number of aromatic carboxylic acids is 1. The third-order valence-corrected chi connectivity index (χ3v) is 5.28. The van der Waals surface area contributed by atoms with Crippen LogP contribution in [0.4, 0.5) is 0 Å². The molecule has 0 fully saturated rings. The largest absolute Gasteiger partial charge is 0.496 e. The van der Waals surface area contributed by atoms with Gasteiger partial charge in [-0.25, -0.2) is 4.79 Å². The van der Waals surface area contributed by atoms with Gasteiger partial charge in [0.15, 0.2) is 0 Å². The lowest BCUT2D eigenvalue weighted by atomic mass is 10.1. The number of aryl methyl sites for hydroxylation is 3. The quantitative estimate of drug-likeness (QED) is 0.171. The van der Waals surface area contributed by atoms with Crippen molar-refractivity contribution in [2.45, 2.75) is 46.5 Å². The Balaban J connectivity index is 0.000000499. The summed E-state index contributed by atoms with van der Waals surface area (Å²) in [6.07, 6.45) is 3.21. The Labute approximate surface area is 225 Å². The number of esters is 1. The molecule has 0 bridgehead atoms. The molecular weight excluding hydrogens is 492 g/mol. The van der Waals surface area contributed by atoms with Crippen LogP contribution in [-0.2, 0) is 19.0 Å². The van der Waals surface area contributed by atoms with Gasteiger partial charge in [-0.1, -0.05) is 29.3 Å². The summed E-state index contributed by atoms with van der Waals surface area (Å²) in [6.45, 7) is 8.94. The lowest BCUT2D eigenvalue weighted by Crippen LogP contribution is -2.13. The van der Waals surface area contributed by atoms with Gasteiger partial charge in [-0.2, -0.15) is 0 Å². The first-order valence-electron chi connectivity index (χ1n) is 12.8. The van der Waals surface area contributed by atoms with E-state index in [1.165, 1.54) is 7.11 Å². The van der Waals surface area contributed by atoms with Crippen LogP contribution in [0.15, 0.2) is 36.4 Å². The summed E-state index contributed by atoms with van der Waals surface area (Å²) >= 11 is 0. The summed E-state index contributed by atoms with van der Waals surface area (Å²) in [6, 6.07) is 10.8. The second-order valence-electron chi connectivity index (χ2n) is 8.62. The van der Waals surface area contributed by atoms with E-state index in [2.05, 4.69) is 0 Å². The van der Waals surface area contributed by atoms with E-state index >= 15 is 0 Å². The number of carboxylic acids is 1. The number of ether oxygens (including phenoxy) is 5. The summed E-state index contributed by atoms with van der Waals surface area (Å²) in [5, 5.41) is 17.3. The molecule has 0 atom stereocenters. The molecule has 0 aromatic heterocycles. The Morgan fingerprint density at radius 2 is 1.32 bits per heavy atom. The van der Waals surface area contributed by atoms with E-state index in [0.717, 1.165) is 36.0 Å². The molecule has 2 aromatic carbocycles. The Morgan fingerprint density at radius 1 is 0.737 bits per heavy atom. The molecular formula is C29H42O9. The predicted molar refractivity (Wildman–Crippen MR) is 144 cm³/mol. The van der Waals surface area contributed by atoms with Crippen LogP contribution in [-0.4, -0.2) is 75.5 Å². The van der Waals surface area contributed by atoms with E-state index in [1.807, 2.05) is 45.0 Å². The number of benzene rings is 2. The minimum Gasteiger partial charge on any atom is -0.496 e. The number of carboxylic acid groups (broad SMARTS) is 1. The fraction of sp³-hybridized carbons (Fsp3) is 0.517. The second-order valence-corrected chi connectivity index (χ2v) is 8.62. The molecule has 2 rings (SSSR count). The summed E-state index contributed by atoms with van der Waals surface area (Å²) in [5.74, 6) is -0.254. The number of carbonyl (C=O) groups is 2. The number of rotatable bonds is 17. The van der Waals surface area contributed by atoms with Crippen LogP contribution in [0.5, 0.6) is 11.5 Å². The minimum absolute atomic E-state index is 0.0758. The lowest BCUT2D eigenvalue weighted by molar-refractivity contribution is -0.135. The fourth-order valence-corrected chi connectivity index (χ4v) is 3.31. The Bertz CT molecular complexity index is 959. The summed E-state index contributed by atoms with van der Waals surface area (Å²) in [5.41, 5.74) is 3.21. The molecule has 9 nitrogen and oxygen atoms in total. The zero-order valence-electron chi connectivity index (χ0n) is 23.0. The van der Waals surface area contributed by atoms with E-state index in [0.29, 0.717) is 51.1 Å². The first-order chi connectivity index (χ1) is 18.3. The van der Waals surface area contributed by atoms with Crippen LogP contribution in [0.2, 0.25) is 0 Å². The number of aliphatic hydroxyl groups excluding tert-OH is 1. The predicted octanol–water partition coefficient (Wildman–Crippen LogP) is 4.51. The molecule has 0 spiro atoms. The van der Waals surface area contributed by atoms with Crippen molar-refractivity contribution in [1.82, 2.24) is 0 Å². The van der Waals surface area contributed by atoms with Crippen molar-refractivity contribution in [2.75, 3.05) is 53.4 Å². The van der Waals surface area contributed by atoms with Gasteiger partial charge in [0.2, 0.25) is 0 Å². The third kappa shape index (κ3) is 14.7. The molecule has 38 heavy (non-hydrogen) atoms. The van der Waals surface area contributed by atoms with Crippen LogP contribution in [0.3, 0.4) is 0 Å². The van der Waals surface area contributed by atoms with Crippen LogP contribution >= 0.6 is 0 Å². The van der Waals surface area contributed by atoms with Gasteiger partial charge in [0.25, 0.3) is 0 Å². The number of carbonyl (C=O) groups excluding carboxylic acids is 1. The van der Waals surface area contributed by atoms with E-state index in [4.69, 9.17) is 33.9 Å². The van der Waals surface area contributed by atoms with E-state index in [1.54, 1.807) is 12.1 Å². The van der Waals surface area contributed by atoms with Crippen LogP contribution in [0.1, 0.15) is 52.7 Å². The minimum atomic E-state index is -0.962. The standard InChI is InChI=1S/C20H32O6.C9H10O3/c1-17-6-7-19(18(2)16-17)26-20(22)8-12-25-15-14-24-11-5-3-4-10-23-13-9-21;1-6-3-4-8(12-2)7(5-6)9(10)11/h6-7,16,21H,3-5,8-15H2,1-2H3;3-5H,1-2H3,(H,10,11). The van der Waals surface area contributed by atoms with Gasteiger partial charge in [0, 0.05) is 13.2 Å². The van der Waals surface area contributed by atoms with Crippen LogP contribution < -0.4 is 9.47 Å². The molecule has 0 aliphatic heterocycles. The van der Waals surface area contributed by atoms with Crippen LogP contribution in [0.25, 0.3) is 0 Å². The Hall–Kier alpha value is -2.98. The summed E-state index contributed by atoms with van der Waals surface area (Å²) in [4.78, 5) is 22.4. The van der Waals surface area contributed by atoms with E-state index in [9.17, 15) is 9.59 Å². The highest BCUT2D eigenvalue weighted by atomic mass is 16.5. The SMILES string of the molecule is COc1ccc(C)cc1C(=O)O.Cc1ccc(OC(=O)CCOCCOCCCCCOCCO)c(C)c1. The maximum absolute atomic E-state index is 11.8. The Morgan fingerprint density at radius 3 is 1.89 bits per heavy atom. The molecule has 0 radical (unpaired) electrons. The molecule has 0 aliphatic rings. The first-order valence-corrected chi connectivity index (χ1v) is 12.8. The average Bonchev–Trinajstić information content (AvgIpc) is 2.89.